The molecule has 186 valence electrons. The van der Waals surface area contributed by atoms with Crippen LogP contribution < -0.4 is 10.1 Å². The number of nitrogens with one attached hydrogen (secondary N) is 1. The monoisotopic (exact) mass is 479 g/mol. The Morgan fingerprint density at radius 3 is 2.14 bits per heavy atom. The van der Waals surface area contributed by atoms with Gasteiger partial charge >= 0.3 is 5.97 Å². The van der Waals surface area contributed by atoms with E-state index in [0.29, 0.717) is 30.9 Å². The van der Waals surface area contributed by atoms with Crippen LogP contribution in [0.4, 0.5) is 4.39 Å². The van der Waals surface area contributed by atoms with Gasteiger partial charge in [0.15, 0.2) is 0 Å². The first-order chi connectivity index (χ1) is 16.9. The highest BCUT2D eigenvalue weighted by Gasteiger charge is 2.54. The molecule has 0 aliphatic heterocycles. The fourth-order valence-corrected chi connectivity index (χ4v) is 6.91. The second-order valence-corrected chi connectivity index (χ2v) is 10.6. The topological polar surface area (TPSA) is 64.6 Å². The van der Waals surface area contributed by atoms with Crippen molar-refractivity contribution in [2.75, 3.05) is 13.2 Å². The number of amides is 1. The van der Waals surface area contributed by atoms with Gasteiger partial charge in [-0.25, -0.2) is 9.18 Å². The number of benzene rings is 2. The van der Waals surface area contributed by atoms with Crippen LogP contribution in [0.1, 0.15) is 73.9 Å². The first kappa shape index (κ1) is 23.8. The van der Waals surface area contributed by atoms with Crippen molar-refractivity contribution in [2.24, 2.45) is 23.2 Å². The van der Waals surface area contributed by atoms with Crippen molar-refractivity contribution in [1.29, 1.82) is 0 Å². The van der Waals surface area contributed by atoms with E-state index >= 15 is 0 Å². The summed E-state index contributed by atoms with van der Waals surface area (Å²) in [6, 6.07) is 13.1. The number of rotatable bonds is 9. The maximum Gasteiger partial charge on any atom is 0.338 e. The van der Waals surface area contributed by atoms with E-state index in [1.807, 2.05) is 0 Å². The molecule has 0 saturated heterocycles. The molecule has 6 heteroatoms. The van der Waals surface area contributed by atoms with E-state index in [9.17, 15) is 14.0 Å². The molecule has 4 saturated carbocycles. The Morgan fingerprint density at radius 2 is 1.57 bits per heavy atom. The Balaban J connectivity index is 1.23. The molecule has 4 aliphatic rings. The summed E-state index contributed by atoms with van der Waals surface area (Å²) < 4.78 is 24.8. The minimum Gasteiger partial charge on any atom is -0.486 e. The number of halogens is 1. The smallest absolute Gasteiger partial charge is 0.338 e. The molecule has 0 radical (unpaired) electrons. The van der Waals surface area contributed by atoms with Gasteiger partial charge in [-0.1, -0.05) is 12.1 Å². The Morgan fingerprint density at radius 1 is 0.971 bits per heavy atom. The zero-order chi connectivity index (χ0) is 24.4. The summed E-state index contributed by atoms with van der Waals surface area (Å²) in [5.74, 6) is 2.29. The lowest BCUT2D eigenvalue weighted by Gasteiger charge is -2.55. The van der Waals surface area contributed by atoms with Gasteiger partial charge < -0.3 is 14.8 Å². The first-order valence-electron chi connectivity index (χ1n) is 12.9. The van der Waals surface area contributed by atoms with E-state index in [0.717, 1.165) is 42.6 Å². The normalized spacial score (nSPS) is 27.3. The third-order valence-electron chi connectivity index (χ3n) is 8.10. The summed E-state index contributed by atoms with van der Waals surface area (Å²) in [5, 5.41) is 3.22. The van der Waals surface area contributed by atoms with E-state index in [1.165, 1.54) is 31.4 Å². The van der Waals surface area contributed by atoms with Crippen molar-refractivity contribution in [3.05, 3.63) is 65.5 Å². The molecule has 5 nitrogen and oxygen atoms in total. The van der Waals surface area contributed by atoms with Gasteiger partial charge in [-0.2, -0.15) is 0 Å². The largest absolute Gasteiger partial charge is 0.486 e. The maximum atomic E-state index is 13.5. The number of hydrogen-bond donors (Lipinski definition) is 1. The average molecular weight is 480 g/mol. The summed E-state index contributed by atoms with van der Waals surface area (Å²) in [5.41, 5.74) is 1.12. The Labute approximate surface area is 206 Å². The molecule has 2 aromatic carbocycles. The van der Waals surface area contributed by atoms with E-state index in [2.05, 4.69) is 5.32 Å². The fraction of sp³-hybridized carbons (Fsp3) is 0.517. The highest BCUT2D eigenvalue weighted by atomic mass is 19.1. The SMILES string of the molecule is CCOC(=O)c1ccc(OC(CCNC(=O)C23CC4CC(CC(C4)C2)C3)c2ccc(F)cc2)cc1. The molecule has 6 rings (SSSR count). The molecule has 0 aromatic heterocycles. The van der Waals surface area contributed by atoms with Gasteiger partial charge in [0, 0.05) is 18.4 Å². The molecule has 0 spiro atoms. The van der Waals surface area contributed by atoms with E-state index in [-0.39, 0.29) is 29.2 Å². The molecule has 4 fully saturated rings. The molecule has 1 N–H and O–H groups in total. The van der Waals surface area contributed by atoms with Crippen LogP contribution in [0.5, 0.6) is 5.75 Å². The molecule has 4 bridgehead atoms. The number of ether oxygens (including phenoxy) is 2. The van der Waals surface area contributed by atoms with Gasteiger partial charge in [0.05, 0.1) is 12.2 Å². The van der Waals surface area contributed by atoms with Gasteiger partial charge in [-0.05, 0) is 105 Å². The Hall–Kier alpha value is -2.89. The number of hydrogen-bond acceptors (Lipinski definition) is 4. The van der Waals surface area contributed by atoms with Crippen molar-refractivity contribution < 1.29 is 23.5 Å². The molecule has 35 heavy (non-hydrogen) atoms. The zero-order valence-electron chi connectivity index (χ0n) is 20.3. The molecule has 0 heterocycles. The van der Waals surface area contributed by atoms with Gasteiger partial charge in [0.25, 0.3) is 0 Å². The van der Waals surface area contributed by atoms with Crippen molar-refractivity contribution in [3.63, 3.8) is 0 Å². The number of carbonyl (C=O) groups excluding carboxylic acids is 2. The molecule has 4 aliphatic carbocycles. The van der Waals surface area contributed by atoms with E-state index in [1.54, 1.807) is 43.3 Å². The van der Waals surface area contributed by atoms with E-state index in [4.69, 9.17) is 9.47 Å². The molecular formula is C29H34FNO4. The molecule has 1 unspecified atom stereocenters. The standard InChI is InChI=1S/C29H34FNO4/c1-2-34-27(32)23-5-9-25(10-6-23)35-26(22-3-7-24(30)8-4-22)11-12-31-28(33)29-16-19-13-20(17-29)15-21(14-19)18-29/h3-10,19-21,26H,2,11-18H2,1H3,(H,31,33). The highest BCUT2D eigenvalue weighted by molar-refractivity contribution is 5.89. The minimum atomic E-state index is -0.374. The summed E-state index contributed by atoms with van der Waals surface area (Å²) in [4.78, 5) is 25.3. The van der Waals surface area contributed by atoms with E-state index < -0.39 is 0 Å². The predicted octanol–water partition coefficient (Wildman–Crippen LogP) is 5.85. The summed E-state index contributed by atoms with van der Waals surface area (Å²) in [6.07, 6.45) is 7.23. The predicted molar refractivity (Wildman–Crippen MR) is 130 cm³/mol. The van der Waals surface area contributed by atoms with Crippen LogP contribution in [0.3, 0.4) is 0 Å². The lowest BCUT2D eigenvalue weighted by Crippen LogP contribution is -2.53. The van der Waals surface area contributed by atoms with Crippen molar-refractivity contribution >= 4 is 11.9 Å². The highest BCUT2D eigenvalue weighted by Crippen LogP contribution is 2.60. The van der Waals surface area contributed by atoms with Crippen LogP contribution in [-0.2, 0) is 9.53 Å². The van der Waals surface area contributed by atoms with Crippen molar-refractivity contribution in [3.8, 4) is 5.75 Å². The fourth-order valence-electron chi connectivity index (χ4n) is 6.91. The van der Waals surface area contributed by atoms with Crippen LogP contribution >= 0.6 is 0 Å². The lowest BCUT2D eigenvalue weighted by molar-refractivity contribution is -0.146. The minimum absolute atomic E-state index is 0.177. The summed E-state index contributed by atoms with van der Waals surface area (Å²) in [6.45, 7) is 2.58. The maximum absolute atomic E-state index is 13.5. The van der Waals surface area contributed by atoms with Crippen LogP contribution in [0.2, 0.25) is 0 Å². The van der Waals surface area contributed by atoms with Crippen LogP contribution in [-0.4, -0.2) is 25.0 Å². The van der Waals surface area contributed by atoms with Crippen molar-refractivity contribution in [2.45, 2.75) is 58.0 Å². The number of carbonyl (C=O) groups is 2. The number of esters is 1. The average Bonchev–Trinajstić information content (AvgIpc) is 2.83. The Bertz CT molecular complexity index is 1010. The van der Waals surface area contributed by atoms with Crippen molar-refractivity contribution in [1.82, 2.24) is 5.32 Å². The third-order valence-corrected chi connectivity index (χ3v) is 8.10. The molecular weight excluding hydrogens is 445 g/mol. The van der Waals surface area contributed by atoms with Gasteiger partial charge in [0.2, 0.25) is 5.91 Å². The Kier molecular flexibility index (Phi) is 6.81. The molecule has 2 aromatic rings. The molecule has 1 amide bonds. The van der Waals surface area contributed by atoms with Crippen LogP contribution in [0, 0.1) is 29.0 Å². The van der Waals surface area contributed by atoms with Gasteiger partial charge in [-0.3, -0.25) is 4.79 Å². The van der Waals surface area contributed by atoms with Gasteiger partial charge in [0.1, 0.15) is 17.7 Å². The zero-order valence-corrected chi connectivity index (χ0v) is 20.3. The lowest BCUT2D eigenvalue weighted by atomic mass is 9.49. The first-order valence-corrected chi connectivity index (χ1v) is 12.9. The van der Waals surface area contributed by atoms with Gasteiger partial charge in [-0.15, -0.1) is 0 Å². The summed E-state index contributed by atoms with van der Waals surface area (Å²) in [7, 11) is 0. The summed E-state index contributed by atoms with van der Waals surface area (Å²) >= 11 is 0. The molecule has 1 atom stereocenters. The quantitative estimate of drug-likeness (QED) is 0.459. The van der Waals surface area contributed by atoms with Crippen LogP contribution in [0.15, 0.2) is 48.5 Å². The second-order valence-electron chi connectivity index (χ2n) is 10.6. The second kappa shape index (κ2) is 10.00. The van der Waals surface area contributed by atoms with Crippen LogP contribution in [0.25, 0.3) is 0 Å². The third kappa shape index (κ3) is 5.21.